The van der Waals surface area contributed by atoms with E-state index in [-0.39, 0.29) is 5.91 Å². The fraction of sp³-hybridized carbons (Fsp3) is 0.529. The van der Waals surface area contributed by atoms with E-state index in [0.29, 0.717) is 61.3 Å². The molecule has 134 valence electrons. The largest absolute Gasteiger partial charge is 0.382 e. The summed E-state index contributed by atoms with van der Waals surface area (Å²) in [7, 11) is 0. The smallest absolute Gasteiger partial charge is 0.266 e. The number of oxime groups is 1. The van der Waals surface area contributed by atoms with E-state index in [1.807, 2.05) is 6.07 Å². The molecule has 1 aromatic carbocycles. The van der Waals surface area contributed by atoms with Gasteiger partial charge in [-0.3, -0.25) is 4.79 Å². The lowest BCUT2D eigenvalue weighted by molar-refractivity contribution is -0.189. The molecular formula is C17H18Cl2N2O4. The van der Waals surface area contributed by atoms with Crippen LogP contribution in [0.5, 0.6) is 0 Å². The highest BCUT2D eigenvalue weighted by Gasteiger charge is 2.42. The minimum Gasteiger partial charge on any atom is -0.382 e. The predicted molar refractivity (Wildman–Crippen MR) is 92.9 cm³/mol. The van der Waals surface area contributed by atoms with Gasteiger partial charge in [0.1, 0.15) is 0 Å². The fourth-order valence-corrected chi connectivity index (χ4v) is 3.71. The van der Waals surface area contributed by atoms with Crippen LogP contribution in [0.2, 0.25) is 10.0 Å². The van der Waals surface area contributed by atoms with Crippen LogP contribution in [0.3, 0.4) is 0 Å². The van der Waals surface area contributed by atoms with Crippen molar-refractivity contribution in [2.24, 2.45) is 5.16 Å². The second kappa shape index (κ2) is 6.76. The van der Waals surface area contributed by atoms with Gasteiger partial charge >= 0.3 is 0 Å². The Morgan fingerprint density at radius 2 is 1.88 bits per heavy atom. The van der Waals surface area contributed by atoms with Gasteiger partial charge in [-0.25, -0.2) is 0 Å². The number of carbonyl (C=O) groups is 1. The highest BCUT2D eigenvalue weighted by Crippen LogP contribution is 2.32. The summed E-state index contributed by atoms with van der Waals surface area (Å²) in [5.74, 6) is -0.540. The second-order valence-corrected chi connectivity index (χ2v) is 7.21. The lowest BCUT2D eigenvalue weighted by Gasteiger charge is -2.38. The number of likely N-dealkylation sites (tertiary alicyclic amines) is 1. The first-order valence-corrected chi connectivity index (χ1v) is 9.07. The maximum atomic E-state index is 12.7. The molecular weight excluding hydrogens is 367 g/mol. The molecule has 0 radical (unpaired) electrons. The standard InChI is InChI=1S/C17H18Cl2N2O4/c18-12-2-1-11(9-13(12)19)14-10-15(25-20-14)16(22)21-5-3-17(4-6-21)23-7-8-24-17/h1-2,9,15H,3-8,10H2/t15-/m1/s1. The van der Waals surface area contributed by atoms with E-state index < -0.39 is 11.9 Å². The topological polar surface area (TPSA) is 60.4 Å². The molecule has 3 aliphatic heterocycles. The van der Waals surface area contributed by atoms with Crippen LogP contribution in [-0.2, 0) is 19.1 Å². The molecule has 1 aromatic rings. The Morgan fingerprint density at radius 3 is 2.56 bits per heavy atom. The molecule has 4 rings (SSSR count). The number of halogens is 2. The summed E-state index contributed by atoms with van der Waals surface area (Å²) in [5.41, 5.74) is 1.52. The van der Waals surface area contributed by atoms with E-state index >= 15 is 0 Å². The molecule has 0 saturated carbocycles. The van der Waals surface area contributed by atoms with E-state index in [9.17, 15) is 4.79 Å². The molecule has 1 amide bonds. The van der Waals surface area contributed by atoms with E-state index in [4.69, 9.17) is 37.5 Å². The van der Waals surface area contributed by atoms with Crippen molar-refractivity contribution in [1.82, 2.24) is 4.90 Å². The number of rotatable bonds is 2. The predicted octanol–water partition coefficient (Wildman–Crippen LogP) is 2.85. The molecule has 0 aliphatic carbocycles. The van der Waals surface area contributed by atoms with E-state index in [0.717, 1.165) is 5.56 Å². The summed E-state index contributed by atoms with van der Waals surface area (Å²) in [6.45, 7) is 2.45. The number of piperidine rings is 1. The van der Waals surface area contributed by atoms with Gasteiger partial charge in [0.05, 0.1) is 29.0 Å². The van der Waals surface area contributed by atoms with Gasteiger partial charge in [-0.1, -0.05) is 34.4 Å². The first kappa shape index (κ1) is 17.1. The van der Waals surface area contributed by atoms with Gasteiger partial charge in [0, 0.05) is 37.9 Å². The van der Waals surface area contributed by atoms with Gasteiger partial charge in [0.2, 0.25) is 6.10 Å². The summed E-state index contributed by atoms with van der Waals surface area (Å²) in [5, 5.41) is 5.00. The highest BCUT2D eigenvalue weighted by atomic mass is 35.5. The molecule has 25 heavy (non-hydrogen) atoms. The van der Waals surface area contributed by atoms with Crippen molar-refractivity contribution < 1.29 is 19.1 Å². The molecule has 3 heterocycles. The number of nitrogens with zero attached hydrogens (tertiary/aromatic N) is 2. The molecule has 0 N–H and O–H groups in total. The van der Waals surface area contributed by atoms with Crippen LogP contribution in [-0.4, -0.2) is 54.7 Å². The molecule has 8 heteroatoms. The second-order valence-electron chi connectivity index (χ2n) is 6.40. The molecule has 3 aliphatic rings. The normalized spacial score (nSPS) is 25.1. The van der Waals surface area contributed by atoms with Gasteiger partial charge in [-0.15, -0.1) is 0 Å². The summed E-state index contributed by atoms with van der Waals surface area (Å²) in [4.78, 5) is 19.9. The van der Waals surface area contributed by atoms with Crippen molar-refractivity contribution in [3.8, 4) is 0 Å². The van der Waals surface area contributed by atoms with Crippen molar-refractivity contribution in [3.63, 3.8) is 0 Å². The van der Waals surface area contributed by atoms with Gasteiger partial charge in [-0.05, 0) is 12.1 Å². The van der Waals surface area contributed by atoms with Crippen molar-refractivity contribution in [3.05, 3.63) is 33.8 Å². The fourth-order valence-electron chi connectivity index (χ4n) is 3.41. The summed E-state index contributed by atoms with van der Waals surface area (Å²) in [6, 6.07) is 5.27. The number of benzene rings is 1. The van der Waals surface area contributed by atoms with Gasteiger partial charge in [-0.2, -0.15) is 0 Å². The Bertz CT molecular complexity index is 709. The van der Waals surface area contributed by atoms with Crippen LogP contribution < -0.4 is 0 Å². The number of amides is 1. The first-order valence-electron chi connectivity index (χ1n) is 8.31. The quantitative estimate of drug-likeness (QED) is 0.786. The van der Waals surface area contributed by atoms with Crippen molar-refractivity contribution in [2.75, 3.05) is 26.3 Å². The Labute approximate surface area is 155 Å². The molecule has 6 nitrogen and oxygen atoms in total. The molecule has 0 unspecified atom stereocenters. The average Bonchev–Trinajstić information content (AvgIpc) is 3.28. The third-order valence-electron chi connectivity index (χ3n) is 4.85. The van der Waals surface area contributed by atoms with Gasteiger partial charge < -0.3 is 19.2 Å². The van der Waals surface area contributed by atoms with Crippen molar-refractivity contribution in [1.29, 1.82) is 0 Å². The average molecular weight is 385 g/mol. The van der Waals surface area contributed by atoms with Crippen LogP contribution >= 0.6 is 23.2 Å². The number of ether oxygens (including phenoxy) is 2. The zero-order chi connectivity index (χ0) is 17.4. The Morgan fingerprint density at radius 1 is 1.16 bits per heavy atom. The van der Waals surface area contributed by atoms with E-state index in [2.05, 4.69) is 5.16 Å². The highest BCUT2D eigenvalue weighted by molar-refractivity contribution is 6.42. The van der Waals surface area contributed by atoms with Gasteiger partial charge in [0.15, 0.2) is 5.79 Å². The Hall–Kier alpha value is -1.34. The minimum atomic E-state index is -0.594. The third kappa shape index (κ3) is 3.36. The minimum absolute atomic E-state index is 0.0494. The summed E-state index contributed by atoms with van der Waals surface area (Å²) < 4.78 is 11.4. The number of carbonyl (C=O) groups excluding carboxylic acids is 1. The lowest BCUT2D eigenvalue weighted by Crippen LogP contribution is -2.50. The third-order valence-corrected chi connectivity index (χ3v) is 5.59. The molecule has 2 fully saturated rings. The van der Waals surface area contributed by atoms with Gasteiger partial charge in [0.25, 0.3) is 5.91 Å². The Kier molecular flexibility index (Phi) is 4.62. The van der Waals surface area contributed by atoms with Crippen LogP contribution in [0, 0.1) is 0 Å². The number of hydrogen-bond acceptors (Lipinski definition) is 5. The lowest BCUT2D eigenvalue weighted by atomic mass is 10.0. The van der Waals surface area contributed by atoms with Crippen molar-refractivity contribution >= 4 is 34.8 Å². The zero-order valence-electron chi connectivity index (χ0n) is 13.5. The first-order chi connectivity index (χ1) is 12.1. The maximum absolute atomic E-state index is 12.7. The van der Waals surface area contributed by atoms with Crippen LogP contribution in [0.4, 0.5) is 0 Å². The SMILES string of the molecule is O=C([C@H]1CC(c2ccc(Cl)c(Cl)c2)=NO1)N1CCC2(CC1)OCCO2. The van der Waals surface area contributed by atoms with Crippen LogP contribution in [0.25, 0.3) is 0 Å². The van der Waals surface area contributed by atoms with Crippen LogP contribution in [0.1, 0.15) is 24.8 Å². The molecule has 0 aromatic heterocycles. The van der Waals surface area contributed by atoms with Crippen LogP contribution in [0.15, 0.2) is 23.4 Å². The Balaban J connectivity index is 1.36. The zero-order valence-corrected chi connectivity index (χ0v) is 15.1. The number of hydrogen-bond donors (Lipinski definition) is 0. The molecule has 2 saturated heterocycles. The molecule has 1 atom stereocenters. The van der Waals surface area contributed by atoms with Crippen molar-refractivity contribution in [2.45, 2.75) is 31.2 Å². The summed E-state index contributed by atoms with van der Waals surface area (Å²) >= 11 is 12.0. The monoisotopic (exact) mass is 384 g/mol. The molecule has 0 bridgehead atoms. The molecule has 1 spiro atoms. The van der Waals surface area contributed by atoms with E-state index in [1.165, 1.54) is 0 Å². The summed E-state index contributed by atoms with van der Waals surface area (Å²) in [6.07, 6.45) is 1.20. The van der Waals surface area contributed by atoms with E-state index in [1.54, 1.807) is 17.0 Å². The maximum Gasteiger partial charge on any atom is 0.266 e.